The molecule has 1 aliphatic heterocycles. The van der Waals surface area contributed by atoms with Gasteiger partial charge >= 0.3 is 0 Å². The molecule has 0 saturated carbocycles. The lowest BCUT2D eigenvalue weighted by atomic mass is 9.98. The van der Waals surface area contributed by atoms with Gasteiger partial charge in [-0.1, -0.05) is 6.07 Å². The third kappa shape index (κ3) is 3.31. The Bertz CT molecular complexity index is 1030. The number of rotatable bonds is 7. The zero-order chi connectivity index (χ0) is 20.5. The Morgan fingerprint density at radius 3 is 2.59 bits per heavy atom. The number of carbonyl (C=O) groups excluding carboxylic acids is 1. The fourth-order valence-electron chi connectivity index (χ4n) is 3.52. The summed E-state index contributed by atoms with van der Waals surface area (Å²) in [7, 11) is 3.01. The maximum atomic E-state index is 13.1. The summed E-state index contributed by atoms with van der Waals surface area (Å²) < 4.78 is 10.6. The number of benzene rings is 1. The average molecular weight is 414 g/mol. The lowest BCUT2D eigenvalue weighted by Gasteiger charge is -2.29. The summed E-state index contributed by atoms with van der Waals surface area (Å²) in [5.41, 5.74) is 2.58. The molecule has 0 spiro atoms. The number of nitrogens with one attached hydrogen (secondary N) is 1. The molecule has 2 aromatic heterocycles. The maximum absolute atomic E-state index is 13.1. The number of aromatic amines is 1. The van der Waals surface area contributed by atoms with Crippen molar-refractivity contribution in [2.45, 2.75) is 12.3 Å². The van der Waals surface area contributed by atoms with Crippen LogP contribution in [0, 0.1) is 10.1 Å². The monoisotopic (exact) mass is 414 g/mol. The molecule has 1 aromatic carbocycles. The van der Waals surface area contributed by atoms with Crippen LogP contribution >= 0.6 is 11.3 Å². The summed E-state index contributed by atoms with van der Waals surface area (Å²) in [5, 5.41) is 20.2. The van der Waals surface area contributed by atoms with Gasteiger partial charge < -0.3 is 14.4 Å². The molecule has 29 heavy (non-hydrogen) atoms. The molecular formula is C19H18N4O5S. The number of hydrogen-bond donors (Lipinski definition) is 1. The van der Waals surface area contributed by atoms with Crippen molar-refractivity contribution < 1.29 is 19.2 Å². The maximum Gasteiger partial charge on any atom is 0.275 e. The molecule has 0 aliphatic carbocycles. The third-order valence-electron chi connectivity index (χ3n) is 4.91. The number of nitro groups is 1. The molecule has 150 valence electrons. The van der Waals surface area contributed by atoms with Crippen LogP contribution in [0.25, 0.3) is 10.6 Å². The van der Waals surface area contributed by atoms with E-state index in [2.05, 4.69) is 10.2 Å². The molecule has 0 saturated heterocycles. The molecule has 0 fully saturated rings. The minimum Gasteiger partial charge on any atom is -0.354 e. The Hall–Kier alpha value is -3.08. The van der Waals surface area contributed by atoms with Crippen LogP contribution in [0.3, 0.4) is 0 Å². The van der Waals surface area contributed by atoms with Crippen LogP contribution in [-0.2, 0) is 9.47 Å². The first-order chi connectivity index (χ1) is 14.0. The first kappa shape index (κ1) is 19.2. The normalized spacial score (nSPS) is 15.9. The van der Waals surface area contributed by atoms with E-state index in [0.717, 1.165) is 21.7 Å². The van der Waals surface area contributed by atoms with Gasteiger partial charge in [0.05, 0.1) is 28.1 Å². The quantitative estimate of drug-likeness (QED) is 0.361. The minimum absolute atomic E-state index is 0.0119. The predicted molar refractivity (Wildman–Crippen MR) is 106 cm³/mol. The van der Waals surface area contributed by atoms with Crippen molar-refractivity contribution in [3.63, 3.8) is 0 Å². The largest absolute Gasteiger partial charge is 0.354 e. The highest BCUT2D eigenvalue weighted by atomic mass is 32.1. The summed E-state index contributed by atoms with van der Waals surface area (Å²) in [6.45, 7) is 0.188. The number of methoxy groups -OCH3 is 2. The number of aromatic nitrogens is 2. The molecule has 1 atom stereocenters. The highest BCUT2D eigenvalue weighted by Crippen LogP contribution is 2.44. The van der Waals surface area contributed by atoms with Gasteiger partial charge in [-0.05, 0) is 29.1 Å². The number of nitro benzene ring substituents is 1. The second kappa shape index (κ2) is 7.74. The summed E-state index contributed by atoms with van der Waals surface area (Å²) in [5.74, 6) is -0.249. The molecule has 1 unspecified atom stereocenters. The predicted octanol–water partition coefficient (Wildman–Crippen LogP) is 3.21. The van der Waals surface area contributed by atoms with E-state index >= 15 is 0 Å². The van der Waals surface area contributed by atoms with Gasteiger partial charge in [0.2, 0.25) is 0 Å². The van der Waals surface area contributed by atoms with E-state index < -0.39 is 17.3 Å². The van der Waals surface area contributed by atoms with Gasteiger partial charge in [-0.2, -0.15) is 5.10 Å². The van der Waals surface area contributed by atoms with Crippen LogP contribution in [0.2, 0.25) is 0 Å². The Labute approximate surface area is 170 Å². The summed E-state index contributed by atoms with van der Waals surface area (Å²) in [6, 6.07) is 9.61. The topological polar surface area (TPSA) is 111 Å². The van der Waals surface area contributed by atoms with Crippen LogP contribution in [0.1, 0.15) is 27.7 Å². The number of thiophene rings is 1. The van der Waals surface area contributed by atoms with Gasteiger partial charge in [0.15, 0.2) is 12.0 Å². The third-order valence-corrected chi connectivity index (χ3v) is 5.80. The van der Waals surface area contributed by atoms with Gasteiger partial charge in [0.1, 0.15) is 0 Å². The minimum atomic E-state index is -0.613. The molecule has 10 heteroatoms. The van der Waals surface area contributed by atoms with Gasteiger partial charge in [0, 0.05) is 31.9 Å². The van der Waals surface area contributed by atoms with Gasteiger partial charge in [-0.15, -0.1) is 11.3 Å². The number of hydrogen-bond acceptors (Lipinski definition) is 7. The van der Waals surface area contributed by atoms with Crippen molar-refractivity contribution >= 4 is 22.9 Å². The van der Waals surface area contributed by atoms with E-state index in [-0.39, 0.29) is 18.1 Å². The van der Waals surface area contributed by atoms with Gasteiger partial charge in [0.25, 0.3) is 11.6 Å². The fourth-order valence-corrected chi connectivity index (χ4v) is 4.25. The smallest absolute Gasteiger partial charge is 0.275 e. The molecule has 3 heterocycles. The Balaban J connectivity index is 1.82. The molecule has 4 rings (SSSR count). The Morgan fingerprint density at radius 2 is 2.00 bits per heavy atom. The van der Waals surface area contributed by atoms with Crippen molar-refractivity contribution in [3.8, 4) is 10.6 Å². The number of amides is 1. The Morgan fingerprint density at radius 1 is 1.28 bits per heavy atom. The van der Waals surface area contributed by atoms with Crippen molar-refractivity contribution in [3.05, 3.63) is 68.7 Å². The molecule has 9 nitrogen and oxygen atoms in total. The Kier molecular flexibility index (Phi) is 5.14. The van der Waals surface area contributed by atoms with Crippen LogP contribution in [0.4, 0.5) is 5.69 Å². The van der Waals surface area contributed by atoms with E-state index in [1.165, 1.54) is 37.7 Å². The first-order valence-corrected chi connectivity index (χ1v) is 9.66. The highest BCUT2D eigenvalue weighted by Gasteiger charge is 2.43. The second-order valence-corrected chi connectivity index (χ2v) is 7.40. The number of ether oxygens (including phenoxy) is 2. The van der Waals surface area contributed by atoms with E-state index in [1.54, 1.807) is 17.0 Å². The molecule has 1 aliphatic rings. The molecule has 0 bridgehead atoms. The van der Waals surface area contributed by atoms with Gasteiger partial charge in [-0.25, -0.2) is 0 Å². The van der Waals surface area contributed by atoms with Crippen LogP contribution in [-0.4, -0.2) is 53.0 Å². The SMILES string of the molecule is COC(CN1C(=O)c2n[nH]c(-c3cccs3)c2C1c1ccc([N+](=O)[O-])cc1)OC. The summed E-state index contributed by atoms with van der Waals surface area (Å²) in [6.07, 6.45) is -0.613. The number of nitrogens with zero attached hydrogens (tertiary/aromatic N) is 3. The number of fused-ring (bicyclic) bond motifs is 1. The van der Waals surface area contributed by atoms with E-state index in [4.69, 9.17) is 9.47 Å². The van der Waals surface area contributed by atoms with E-state index in [1.807, 2.05) is 17.5 Å². The average Bonchev–Trinajstić information content (AvgIpc) is 3.44. The van der Waals surface area contributed by atoms with E-state index in [9.17, 15) is 14.9 Å². The molecule has 3 aromatic rings. The van der Waals surface area contributed by atoms with Crippen LogP contribution in [0.15, 0.2) is 41.8 Å². The summed E-state index contributed by atoms with van der Waals surface area (Å²) >= 11 is 1.54. The zero-order valence-electron chi connectivity index (χ0n) is 15.7. The number of non-ortho nitro benzene ring substituents is 1. The van der Waals surface area contributed by atoms with Crippen molar-refractivity contribution in [2.24, 2.45) is 0 Å². The van der Waals surface area contributed by atoms with Crippen molar-refractivity contribution in [1.29, 1.82) is 0 Å². The second-order valence-electron chi connectivity index (χ2n) is 6.45. The first-order valence-electron chi connectivity index (χ1n) is 8.78. The van der Waals surface area contributed by atoms with Crippen LogP contribution < -0.4 is 0 Å². The van der Waals surface area contributed by atoms with Crippen LogP contribution in [0.5, 0.6) is 0 Å². The highest BCUT2D eigenvalue weighted by molar-refractivity contribution is 7.13. The van der Waals surface area contributed by atoms with Gasteiger partial charge in [-0.3, -0.25) is 20.0 Å². The lowest BCUT2D eigenvalue weighted by molar-refractivity contribution is -0.384. The molecule has 1 amide bonds. The zero-order valence-corrected chi connectivity index (χ0v) is 16.5. The van der Waals surface area contributed by atoms with E-state index in [0.29, 0.717) is 5.69 Å². The summed E-state index contributed by atoms with van der Waals surface area (Å²) in [4.78, 5) is 26.3. The fraction of sp³-hybridized carbons (Fsp3) is 0.263. The lowest BCUT2D eigenvalue weighted by Crippen LogP contribution is -2.38. The van der Waals surface area contributed by atoms with Crippen molar-refractivity contribution in [1.82, 2.24) is 15.1 Å². The molecule has 1 N–H and O–H groups in total. The number of carbonyl (C=O) groups is 1. The molecule has 0 radical (unpaired) electrons. The number of H-pyrrole nitrogens is 1. The molecular weight excluding hydrogens is 396 g/mol. The standard InChI is InChI=1S/C19H18N4O5S/c1-27-14(28-2)10-22-18(11-5-7-12(8-6-11)23(25)26)15-16(13-4-3-9-29-13)20-21-17(15)19(22)24/h3-9,14,18H,10H2,1-2H3,(H,20,21). The van der Waals surface area contributed by atoms with Crippen molar-refractivity contribution in [2.75, 3.05) is 20.8 Å².